The molecule has 318 valence electrons. The van der Waals surface area contributed by atoms with Gasteiger partial charge in [-0.25, -0.2) is 0 Å². The van der Waals surface area contributed by atoms with Crippen LogP contribution in [0.1, 0.15) is 245 Å². The van der Waals surface area contributed by atoms with Gasteiger partial charge in [0.2, 0.25) is 5.91 Å². The Kier molecular flexibility index (Phi) is 43.1. The van der Waals surface area contributed by atoms with Gasteiger partial charge >= 0.3 is 0 Å². The average Bonchev–Trinajstić information content (AvgIpc) is 3.16. The Morgan fingerprint density at radius 3 is 1.31 bits per heavy atom. The van der Waals surface area contributed by atoms with Gasteiger partial charge in [-0.2, -0.15) is 0 Å². The van der Waals surface area contributed by atoms with Crippen molar-refractivity contribution < 1.29 is 20.1 Å². The molecule has 1 amide bonds. The largest absolute Gasteiger partial charge is 0.394 e. The molecule has 0 aliphatic rings. The van der Waals surface area contributed by atoms with Crippen LogP contribution in [-0.4, -0.2) is 46.1 Å². The summed E-state index contributed by atoms with van der Waals surface area (Å²) in [5.41, 5.74) is 0. The first-order valence-corrected chi connectivity index (χ1v) is 23.8. The molecule has 0 aromatic heterocycles. The first-order chi connectivity index (χ1) is 26.5. The highest BCUT2D eigenvalue weighted by Crippen LogP contribution is 2.16. The monoisotopic (exact) mass is 760 g/mol. The van der Waals surface area contributed by atoms with Crippen molar-refractivity contribution in [1.29, 1.82) is 0 Å². The minimum atomic E-state index is -0.929. The van der Waals surface area contributed by atoms with Crippen LogP contribution < -0.4 is 5.32 Å². The molecule has 54 heavy (non-hydrogen) atoms. The molecular weight excluding hydrogens is 667 g/mol. The van der Waals surface area contributed by atoms with Crippen LogP contribution in [0.25, 0.3) is 0 Å². The van der Waals surface area contributed by atoms with Crippen LogP contribution >= 0.6 is 0 Å². The van der Waals surface area contributed by atoms with Gasteiger partial charge in [-0.15, -0.1) is 0 Å². The predicted molar refractivity (Wildman–Crippen MR) is 236 cm³/mol. The summed E-state index contributed by atoms with van der Waals surface area (Å²) in [7, 11) is 0. The van der Waals surface area contributed by atoms with Crippen molar-refractivity contribution in [2.24, 2.45) is 0 Å². The molecule has 5 nitrogen and oxygen atoms in total. The van der Waals surface area contributed by atoms with Gasteiger partial charge in [0.15, 0.2) is 0 Å². The fourth-order valence-corrected chi connectivity index (χ4v) is 7.32. The van der Waals surface area contributed by atoms with Crippen LogP contribution in [0.4, 0.5) is 0 Å². The summed E-state index contributed by atoms with van der Waals surface area (Å²) in [5, 5.41) is 33.3. The molecule has 0 saturated carbocycles. The number of unbranched alkanes of at least 4 members (excludes halogenated alkanes) is 30. The smallest absolute Gasteiger partial charge is 0.222 e. The molecule has 3 unspecified atom stereocenters. The van der Waals surface area contributed by atoms with Crippen LogP contribution in [0.2, 0.25) is 0 Å². The van der Waals surface area contributed by atoms with Crippen LogP contribution in [0.3, 0.4) is 0 Å². The van der Waals surface area contributed by atoms with Gasteiger partial charge in [-0.05, 0) is 44.9 Å². The fourth-order valence-electron chi connectivity index (χ4n) is 7.32. The Morgan fingerprint density at radius 1 is 0.500 bits per heavy atom. The van der Waals surface area contributed by atoms with E-state index in [4.69, 9.17) is 0 Å². The average molecular weight is 760 g/mol. The third-order valence-electron chi connectivity index (χ3n) is 10.9. The minimum Gasteiger partial charge on any atom is -0.394 e. The number of rotatable bonds is 43. The highest BCUT2D eigenvalue weighted by molar-refractivity contribution is 5.76. The summed E-state index contributed by atoms with van der Waals surface area (Å²) in [4.78, 5) is 12.5. The molecule has 5 heteroatoms. The van der Waals surface area contributed by atoms with Crippen molar-refractivity contribution in [3.05, 3.63) is 36.5 Å². The summed E-state index contributed by atoms with van der Waals surface area (Å²) < 4.78 is 0. The third kappa shape index (κ3) is 40.2. The number of carbonyl (C=O) groups is 1. The summed E-state index contributed by atoms with van der Waals surface area (Å²) in [6, 6.07) is -0.744. The molecule has 3 atom stereocenters. The highest BCUT2D eigenvalue weighted by Gasteiger charge is 2.20. The zero-order valence-electron chi connectivity index (χ0n) is 36.1. The second-order valence-electron chi connectivity index (χ2n) is 16.3. The van der Waals surface area contributed by atoms with Crippen LogP contribution in [0, 0.1) is 0 Å². The fraction of sp³-hybridized carbons (Fsp3) is 0.857. The number of hydrogen-bond acceptors (Lipinski definition) is 4. The number of nitrogens with one attached hydrogen (secondary N) is 1. The number of carbonyl (C=O) groups excluding carboxylic acids is 1. The van der Waals surface area contributed by atoms with E-state index in [2.05, 4.69) is 43.5 Å². The zero-order chi connectivity index (χ0) is 39.4. The maximum Gasteiger partial charge on any atom is 0.222 e. The topological polar surface area (TPSA) is 89.8 Å². The van der Waals surface area contributed by atoms with E-state index in [0.29, 0.717) is 6.42 Å². The minimum absolute atomic E-state index is 0.0135. The van der Waals surface area contributed by atoms with Crippen molar-refractivity contribution in [3.63, 3.8) is 0 Å². The van der Waals surface area contributed by atoms with Crippen molar-refractivity contribution in [2.75, 3.05) is 6.61 Å². The lowest BCUT2D eigenvalue weighted by Crippen LogP contribution is -2.45. The normalized spacial score (nSPS) is 13.8. The van der Waals surface area contributed by atoms with E-state index in [-0.39, 0.29) is 18.9 Å². The molecular formula is C49H93NO4. The molecule has 0 rings (SSSR count). The lowest BCUT2D eigenvalue weighted by molar-refractivity contribution is -0.124. The first kappa shape index (κ1) is 52.6. The lowest BCUT2D eigenvalue weighted by Gasteiger charge is -2.21. The number of aliphatic hydroxyl groups excluding tert-OH is 3. The van der Waals surface area contributed by atoms with Crippen molar-refractivity contribution in [2.45, 2.75) is 263 Å². The molecule has 0 bridgehead atoms. The van der Waals surface area contributed by atoms with Gasteiger partial charge in [0, 0.05) is 0 Å². The van der Waals surface area contributed by atoms with Crippen LogP contribution in [0.15, 0.2) is 36.5 Å². The molecule has 0 fully saturated rings. The molecule has 0 aliphatic carbocycles. The highest BCUT2D eigenvalue weighted by atomic mass is 16.3. The molecule has 4 N–H and O–H groups in total. The summed E-state index contributed by atoms with van der Waals surface area (Å²) in [6.45, 7) is 4.13. The molecule has 0 spiro atoms. The Labute approximate surface area is 336 Å². The molecule has 0 saturated heterocycles. The SMILES string of the molecule is CC/C=C\C/C=C\CCCCCCCCCCCCCCC(O)CC(=O)NC(CO)C(O)/C=C/CCCCCCCCCCCCCCCCCCCC. The van der Waals surface area contributed by atoms with Gasteiger partial charge in [0.25, 0.3) is 0 Å². The maximum atomic E-state index is 12.5. The summed E-state index contributed by atoms with van der Waals surface area (Å²) >= 11 is 0. The molecule has 0 aromatic rings. The van der Waals surface area contributed by atoms with E-state index in [0.717, 1.165) is 38.5 Å². The van der Waals surface area contributed by atoms with E-state index in [1.54, 1.807) is 6.08 Å². The lowest BCUT2D eigenvalue weighted by atomic mass is 10.0. The Morgan fingerprint density at radius 2 is 0.889 bits per heavy atom. The quantitative estimate of drug-likeness (QED) is 0.0368. The summed E-state index contributed by atoms with van der Waals surface area (Å²) in [5.74, 6) is -0.315. The van der Waals surface area contributed by atoms with E-state index in [9.17, 15) is 20.1 Å². The van der Waals surface area contributed by atoms with E-state index in [1.807, 2.05) is 6.08 Å². The maximum absolute atomic E-state index is 12.5. The number of amides is 1. The van der Waals surface area contributed by atoms with Crippen molar-refractivity contribution in [1.82, 2.24) is 5.32 Å². The van der Waals surface area contributed by atoms with Gasteiger partial charge in [0.1, 0.15) is 0 Å². The predicted octanol–water partition coefficient (Wildman–Crippen LogP) is 13.9. The molecule has 0 aliphatic heterocycles. The van der Waals surface area contributed by atoms with E-state index >= 15 is 0 Å². The van der Waals surface area contributed by atoms with Crippen LogP contribution in [-0.2, 0) is 4.79 Å². The molecule has 0 radical (unpaired) electrons. The standard InChI is InChI=1S/C49H93NO4/c1-3-5-7-9-11-13-15-17-19-21-23-25-27-29-31-33-35-37-39-41-43-48(53)47(45-51)50-49(54)44-46(52)42-40-38-36-34-32-30-28-26-24-22-20-18-16-14-12-10-8-6-4-2/h6,8,12,14,41,43,46-48,51-53H,3-5,7,9-11,13,15-40,42,44-45H2,1-2H3,(H,50,54)/b8-6-,14-12-,43-41+. The Bertz CT molecular complexity index is 840. The summed E-state index contributed by atoms with van der Waals surface area (Å²) in [6.07, 6.45) is 55.8. The van der Waals surface area contributed by atoms with E-state index < -0.39 is 18.2 Å². The number of allylic oxidation sites excluding steroid dienone is 5. The Hall–Kier alpha value is -1.43. The van der Waals surface area contributed by atoms with E-state index in [1.165, 1.54) is 180 Å². The van der Waals surface area contributed by atoms with Crippen molar-refractivity contribution >= 4 is 5.91 Å². The molecule has 0 heterocycles. The molecule has 0 aromatic carbocycles. The Balaban J connectivity index is 3.62. The van der Waals surface area contributed by atoms with Gasteiger partial charge < -0.3 is 20.6 Å². The second kappa shape index (κ2) is 44.3. The third-order valence-corrected chi connectivity index (χ3v) is 10.9. The first-order valence-electron chi connectivity index (χ1n) is 23.8. The van der Waals surface area contributed by atoms with Crippen LogP contribution in [0.5, 0.6) is 0 Å². The number of hydrogen-bond donors (Lipinski definition) is 4. The second-order valence-corrected chi connectivity index (χ2v) is 16.3. The van der Waals surface area contributed by atoms with Gasteiger partial charge in [0.05, 0.1) is 31.3 Å². The van der Waals surface area contributed by atoms with Gasteiger partial charge in [-0.1, -0.05) is 230 Å². The van der Waals surface area contributed by atoms with Gasteiger partial charge in [-0.3, -0.25) is 4.79 Å². The van der Waals surface area contributed by atoms with Crippen molar-refractivity contribution in [3.8, 4) is 0 Å². The zero-order valence-corrected chi connectivity index (χ0v) is 36.1. The number of aliphatic hydroxyl groups is 3.